The maximum absolute atomic E-state index is 13.5. The molecular weight excluding hydrogens is 355 g/mol. The van der Waals surface area contributed by atoms with Crippen LogP contribution in [0.3, 0.4) is 0 Å². The molecule has 0 unspecified atom stereocenters. The second-order valence-corrected chi connectivity index (χ2v) is 6.97. The molecule has 1 amide bonds. The molecule has 2 aromatic carbocycles. The molecule has 1 aliphatic heterocycles. The fourth-order valence-electron chi connectivity index (χ4n) is 2.88. The Balaban J connectivity index is 1.69. The van der Waals surface area contributed by atoms with Crippen LogP contribution in [-0.2, 0) is 11.3 Å². The van der Waals surface area contributed by atoms with Crippen LogP contribution >= 0.6 is 11.3 Å². The van der Waals surface area contributed by atoms with E-state index in [2.05, 4.69) is 4.99 Å². The number of amides is 1. The van der Waals surface area contributed by atoms with Gasteiger partial charge in [0.25, 0.3) is 5.91 Å². The van der Waals surface area contributed by atoms with Gasteiger partial charge in [-0.05, 0) is 36.8 Å². The molecule has 3 aromatic rings. The van der Waals surface area contributed by atoms with Crippen LogP contribution < -0.4 is 14.3 Å². The van der Waals surface area contributed by atoms with E-state index in [-0.39, 0.29) is 12.4 Å². The monoisotopic (exact) mass is 372 g/mol. The molecular formula is C19H17FN2O3S. The van der Waals surface area contributed by atoms with Gasteiger partial charge in [0.2, 0.25) is 6.10 Å². The van der Waals surface area contributed by atoms with E-state index in [1.165, 1.54) is 23.5 Å². The maximum Gasteiger partial charge on any atom is 0.292 e. The number of benzene rings is 2. The van der Waals surface area contributed by atoms with Crippen LogP contribution in [0.4, 0.5) is 4.39 Å². The standard InChI is InChI=1S/C19H17FN2O3S/c1-2-9-22-13-8-7-12(20)10-17(13)26-19(22)21-18(23)16-11-24-14-5-3-4-6-15(14)25-16/h3-8,10,16H,2,9,11H2,1H3/t16-/m1/s1. The van der Waals surface area contributed by atoms with Crippen LogP contribution in [0.2, 0.25) is 0 Å². The number of thiazole rings is 1. The van der Waals surface area contributed by atoms with Crippen molar-refractivity contribution in [3.8, 4) is 11.5 Å². The second-order valence-electron chi connectivity index (χ2n) is 5.96. The van der Waals surface area contributed by atoms with Gasteiger partial charge in [-0.1, -0.05) is 30.4 Å². The molecule has 1 atom stereocenters. The quantitative estimate of drug-likeness (QED) is 0.707. The summed E-state index contributed by atoms with van der Waals surface area (Å²) in [6, 6.07) is 11.8. The van der Waals surface area contributed by atoms with Gasteiger partial charge in [-0.25, -0.2) is 4.39 Å². The van der Waals surface area contributed by atoms with Crippen LogP contribution in [0.5, 0.6) is 11.5 Å². The molecule has 0 saturated carbocycles. The molecule has 134 valence electrons. The third-order valence-corrected chi connectivity index (χ3v) is 5.12. The summed E-state index contributed by atoms with van der Waals surface area (Å²) in [5.41, 5.74) is 0.871. The molecule has 0 spiro atoms. The van der Waals surface area contributed by atoms with Crippen LogP contribution in [0.25, 0.3) is 10.2 Å². The lowest BCUT2D eigenvalue weighted by atomic mass is 10.2. The molecule has 0 radical (unpaired) electrons. The Bertz CT molecular complexity index is 1040. The van der Waals surface area contributed by atoms with E-state index < -0.39 is 12.0 Å². The zero-order chi connectivity index (χ0) is 18.1. The predicted molar refractivity (Wildman–Crippen MR) is 97.0 cm³/mol. The molecule has 1 aromatic heterocycles. The Morgan fingerprint density at radius 3 is 2.92 bits per heavy atom. The zero-order valence-corrected chi connectivity index (χ0v) is 15.0. The highest BCUT2D eigenvalue weighted by molar-refractivity contribution is 7.16. The summed E-state index contributed by atoms with van der Waals surface area (Å²) < 4.78 is 27.5. The zero-order valence-electron chi connectivity index (χ0n) is 14.1. The van der Waals surface area contributed by atoms with Crippen molar-refractivity contribution in [1.29, 1.82) is 0 Å². The number of carbonyl (C=O) groups is 1. The number of rotatable bonds is 3. The van der Waals surface area contributed by atoms with Crippen molar-refractivity contribution in [2.45, 2.75) is 26.0 Å². The third-order valence-electron chi connectivity index (χ3n) is 4.08. The lowest BCUT2D eigenvalue weighted by Gasteiger charge is -2.23. The van der Waals surface area contributed by atoms with Gasteiger partial charge in [0.15, 0.2) is 16.3 Å². The molecule has 1 aliphatic rings. The van der Waals surface area contributed by atoms with Crippen LogP contribution in [0.1, 0.15) is 13.3 Å². The van der Waals surface area contributed by atoms with Gasteiger partial charge in [0.1, 0.15) is 12.4 Å². The fraction of sp³-hybridized carbons (Fsp3) is 0.263. The van der Waals surface area contributed by atoms with Crippen molar-refractivity contribution in [3.05, 3.63) is 53.1 Å². The topological polar surface area (TPSA) is 52.8 Å². The Labute approximate surface area is 153 Å². The number of aryl methyl sites for hydroxylation is 1. The molecule has 7 heteroatoms. The average molecular weight is 372 g/mol. The fourth-order valence-corrected chi connectivity index (χ4v) is 3.97. The van der Waals surface area contributed by atoms with Crippen molar-refractivity contribution in [1.82, 2.24) is 4.57 Å². The molecule has 2 heterocycles. The summed E-state index contributed by atoms with van der Waals surface area (Å²) in [6.07, 6.45) is 0.0861. The number of ether oxygens (including phenoxy) is 2. The van der Waals surface area contributed by atoms with E-state index in [1.54, 1.807) is 18.2 Å². The molecule has 0 bridgehead atoms. The summed E-state index contributed by atoms with van der Waals surface area (Å²) in [5.74, 6) is 0.444. The molecule has 0 N–H and O–H groups in total. The van der Waals surface area contributed by atoms with Gasteiger partial charge in [0.05, 0.1) is 10.2 Å². The Morgan fingerprint density at radius 1 is 1.31 bits per heavy atom. The number of aromatic nitrogens is 1. The number of fused-ring (bicyclic) bond motifs is 2. The average Bonchev–Trinajstić information content (AvgIpc) is 2.98. The van der Waals surface area contributed by atoms with Crippen LogP contribution in [0, 0.1) is 5.82 Å². The maximum atomic E-state index is 13.5. The molecule has 5 nitrogen and oxygen atoms in total. The molecule has 0 fully saturated rings. The van der Waals surface area contributed by atoms with E-state index in [9.17, 15) is 9.18 Å². The van der Waals surface area contributed by atoms with Crippen LogP contribution in [0.15, 0.2) is 47.5 Å². The summed E-state index contributed by atoms with van der Waals surface area (Å²) in [5, 5.41) is 0. The number of hydrogen-bond donors (Lipinski definition) is 0. The predicted octanol–water partition coefficient (Wildman–Crippen LogP) is 3.52. The highest BCUT2D eigenvalue weighted by atomic mass is 32.1. The molecule has 26 heavy (non-hydrogen) atoms. The Morgan fingerprint density at radius 2 is 2.12 bits per heavy atom. The van der Waals surface area contributed by atoms with Gasteiger partial charge in [-0.15, -0.1) is 0 Å². The minimum Gasteiger partial charge on any atom is -0.485 e. The second kappa shape index (κ2) is 6.92. The first-order valence-corrected chi connectivity index (χ1v) is 9.23. The van der Waals surface area contributed by atoms with Crippen molar-refractivity contribution < 1.29 is 18.7 Å². The van der Waals surface area contributed by atoms with Crippen molar-refractivity contribution in [3.63, 3.8) is 0 Å². The first-order chi connectivity index (χ1) is 12.7. The summed E-state index contributed by atoms with van der Waals surface area (Å²) in [4.78, 5) is 17.4. The van der Waals surface area contributed by atoms with Crippen molar-refractivity contribution >= 4 is 27.5 Å². The first kappa shape index (κ1) is 16.8. The van der Waals surface area contributed by atoms with Crippen LogP contribution in [-0.4, -0.2) is 23.2 Å². The number of para-hydroxylation sites is 2. The van der Waals surface area contributed by atoms with Gasteiger partial charge >= 0.3 is 0 Å². The van der Waals surface area contributed by atoms with E-state index in [1.807, 2.05) is 23.6 Å². The Hall–Kier alpha value is -2.67. The normalized spacial score (nSPS) is 16.8. The summed E-state index contributed by atoms with van der Waals surface area (Å²) in [7, 11) is 0. The molecule has 4 rings (SSSR count). The summed E-state index contributed by atoms with van der Waals surface area (Å²) >= 11 is 1.30. The third kappa shape index (κ3) is 3.10. The van der Waals surface area contributed by atoms with E-state index >= 15 is 0 Å². The van der Waals surface area contributed by atoms with E-state index in [0.717, 1.165) is 16.6 Å². The van der Waals surface area contributed by atoms with Crippen molar-refractivity contribution in [2.75, 3.05) is 6.61 Å². The van der Waals surface area contributed by atoms with Gasteiger partial charge in [0, 0.05) is 6.54 Å². The number of halogens is 1. The number of carbonyl (C=O) groups excluding carboxylic acids is 1. The smallest absolute Gasteiger partial charge is 0.292 e. The number of nitrogens with zero attached hydrogens (tertiary/aromatic N) is 2. The largest absolute Gasteiger partial charge is 0.485 e. The van der Waals surface area contributed by atoms with Gasteiger partial charge in [-0.3, -0.25) is 4.79 Å². The minimum absolute atomic E-state index is 0.118. The number of hydrogen-bond acceptors (Lipinski definition) is 4. The highest BCUT2D eigenvalue weighted by Gasteiger charge is 2.27. The minimum atomic E-state index is -0.790. The lowest BCUT2D eigenvalue weighted by Crippen LogP contribution is -2.36. The van der Waals surface area contributed by atoms with Gasteiger partial charge in [-0.2, -0.15) is 4.99 Å². The molecule has 0 aliphatic carbocycles. The first-order valence-electron chi connectivity index (χ1n) is 8.41. The summed E-state index contributed by atoms with van der Waals surface area (Å²) in [6.45, 7) is 2.86. The SMILES string of the molecule is CCCn1c(=NC(=O)[C@H]2COc3ccccc3O2)sc2cc(F)ccc21. The van der Waals surface area contributed by atoms with Gasteiger partial charge < -0.3 is 14.0 Å². The van der Waals surface area contributed by atoms with E-state index in [0.29, 0.717) is 22.8 Å². The van der Waals surface area contributed by atoms with Crippen molar-refractivity contribution in [2.24, 2.45) is 4.99 Å². The van der Waals surface area contributed by atoms with E-state index in [4.69, 9.17) is 9.47 Å². The highest BCUT2D eigenvalue weighted by Crippen LogP contribution is 2.31. The lowest BCUT2D eigenvalue weighted by molar-refractivity contribution is -0.127. The molecule has 0 saturated heterocycles. The Kier molecular flexibility index (Phi) is 4.46.